The monoisotopic (exact) mass is 477 g/mol. The van der Waals surface area contributed by atoms with E-state index in [-0.39, 0.29) is 28.7 Å². The molecule has 6 heterocycles. The number of amides is 2. The van der Waals surface area contributed by atoms with E-state index >= 15 is 0 Å². The van der Waals surface area contributed by atoms with E-state index in [1.165, 1.54) is 0 Å². The maximum atomic E-state index is 14.4. The fraction of sp³-hybridized carbons (Fsp3) is 0.643. The lowest BCUT2D eigenvalue weighted by molar-refractivity contribution is -0.201. The van der Waals surface area contributed by atoms with E-state index < -0.39 is 16.6 Å². The summed E-state index contributed by atoms with van der Waals surface area (Å²) in [7, 11) is 1.96. The molecule has 8 rings (SSSR count). The zero-order chi connectivity index (χ0) is 24.6. The molecule has 1 aromatic rings. The molecule has 4 saturated heterocycles. The van der Waals surface area contributed by atoms with Crippen molar-refractivity contribution in [3.8, 4) is 11.5 Å². The van der Waals surface area contributed by atoms with E-state index in [1.807, 2.05) is 37.9 Å². The van der Waals surface area contributed by atoms with Gasteiger partial charge < -0.3 is 19.7 Å². The smallest absolute Gasteiger partial charge is 0.243 e. The minimum atomic E-state index is -0.877. The van der Waals surface area contributed by atoms with Gasteiger partial charge in [-0.25, -0.2) is 0 Å². The summed E-state index contributed by atoms with van der Waals surface area (Å²) in [5, 5.41) is 3.25. The van der Waals surface area contributed by atoms with Crippen molar-refractivity contribution in [2.75, 3.05) is 25.5 Å². The summed E-state index contributed by atoms with van der Waals surface area (Å²) in [5.41, 5.74) is -1.10. The van der Waals surface area contributed by atoms with Crippen LogP contribution in [-0.2, 0) is 15.0 Å². The van der Waals surface area contributed by atoms with Crippen LogP contribution in [0.5, 0.6) is 11.5 Å². The molecule has 6 aliphatic heterocycles. The van der Waals surface area contributed by atoms with Crippen LogP contribution in [0.2, 0.25) is 0 Å². The first-order chi connectivity index (χ1) is 16.5. The number of rotatable bonds is 0. The average Bonchev–Trinajstić information content (AvgIpc) is 3.13. The van der Waals surface area contributed by atoms with Crippen LogP contribution in [-0.4, -0.2) is 58.4 Å². The van der Waals surface area contributed by atoms with Crippen LogP contribution in [0.3, 0.4) is 0 Å². The van der Waals surface area contributed by atoms with Gasteiger partial charge in [0.1, 0.15) is 16.6 Å². The third kappa shape index (κ3) is 2.20. The maximum Gasteiger partial charge on any atom is 0.243 e. The van der Waals surface area contributed by atoms with E-state index in [0.717, 1.165) is 50.8 Å². The molecule has 35 heavy (non-hydrogen) atoms. The van der Waals surface area contributed by atoms with E-state index in [4.69, 9.17) is 9.47 Å². The van der Waals surface area contributed by atoms with Gasteiger partial charge in [0.25, 0.3) is 0 Å². The molecule has 1 aromatic carbocycles. The second-order valence-corrected chi connectivity index (χ2v) is 12.8. The predicted molar refractivity (Wildman–Crippen MR) is 131 cm³/mol. The van der Waals surface area contributed by atoms with Gasteiger partial charge in [0.2, 0.25) is 11.8 Å². The Labute approximate surface area is 206 Å². The Morgan fingerprint density at radius 1 is 1.09 bits per heavy atom. The molecule has 1 saturated carbocycles. The highest BCUT2D eigenvalue weighted by atomic mass is 16.5. The third-order valence-electron chi connectivity index (χ3n) is 10.4. The van der Waals surface area contributed by atoms with Crippen molar-refractivity contribution in [3.63, 3.8) is 0 Å². The first-order valence-corrected chi connectivity index (χ1v) is 13.1. The lowest BCUT2D eigenvalue weighted by atomic mass is 9.52. The van der Waals surface area contributed by atoms with Crippen molar-refractivity contribution in [1.82, 2.24) is 9.80 Å². The number of nitrogens with one attached hydrogen (secondary N) is 1. The van der Waals surface area contributed by atoms with E-state index in [9.17, 15) is 9.59 Å². The Kier molecular flexibility index (Phi) is 3.86. The minimum Gasteiger partial charge on any atom is -0.480 e. The zero-order valence-corrected chi connectivity index (χ0v) is 21.4. The number of hydrogen-bond acceptors (Lipinski definition) is 5. The van der Waals surface area contributed by atoms with Crippen molar-refractivity contribution in [1.29, 1.82) is 0 Å². The van der Waals surface area contributed by atoms with E-state index in [0.29, 0.717) is 17.2 Å². The van der Waals surface area contributed by atoms with Crippen molar-refractivity contribution in [2.45, 2.75) is 81.9 Å². The molecule has 7 nitrogen and oxygen atoms in total. The molecule has 186 valence electrons. The van der Waals surface area contributed by atoms with Crippen LogP contribution < -0.4 is 14.8 Å². The lowest BCUT2D eigenvalue weighted by Crippen LogP contribution is -2.85. The number of carbonyl (C=O) groups is 2. The summed E-state index contributed by atoms with van der Waals surface area (Å²) in [6, 6.07) is 4.00. The summed E-state index contributed by atoms with van der Waals surface area (Å²) in [6.45, 7) is 10.1. The highest BCUT2D eigenvalue weighted by molar-refractivity contribution is 6.11. The van der Waals surface area contributed by atoms with Crippen LogP contribution in [0, 0.1) is 11.3 Å². The zero-order valence-electron chi connectivity index (χ0n) is 21.4. The lowest BCUT2D eigenvalue weighted by Gasteiger charge is -2.69. The number of likely N-dealkylation sites (N-methyl/N-ethyl adjacent to an activating group) is 1. The number of piperazine rings is 1. The molecule has 0 radical (unpaired) electrons. The van der Waals surface area contributed by atoms with Gasteiger partial charge in [0, 0.05) is 13.6 Å². The first kappa shape index (κ1) is 21.7. The fourth-order valence-corrected chi connectivity index (χ4v) is 9.24. The number of benzene rings is 1. The molecule has 7 heteroatoms. The maximum absolute atomic E-state index is 14.4. The quantitative estimate of drug-likeness (QED) is 0.615. The number of hydrogen-bond donors (Lipinski definition) is 1. The summed E-state index contributed by atoms with van der Waals surface area (Å²) >= 11 is 0. The Morgan fingerprint density at radius 2 is 1.89 bits per heavy atom. The topological polar surface area (TPSA) is 71.1 Å². The van der Waals surface area contributed by atoms with Crippen LogP contribution in [0.15, 0.2) is 24.5 Å². The standard InChI is InChI=1S/C28H35N3O4/c1-24(2)14-17-15-26-10-6-7-12-31(26)16-27(17,30(5)23(26)33)28(24)18-8-9-19-21(20(18)29-22(28)32)34-13-11-25(3,4)35-19/h8-9,11,13,17H,6-7,10,12,14-16H2,1-5H3,(H,29,32). The fourth-order valence-electron chi connectivity index (χ4n) is 9.24. The van der Waals surface area contributed by atoms with Crippen molar-refractivity contribution in [2.24, 2.45) is 11.3 Å². The number of carbonyl (C=O) groups excluding carboxylic acids is 2. The van der Waals surface area contributed by atoms with Gasteiger partial charge in [-0.2, -0.15) is 0 Å². The van der Waals surface area contributed by atoms with Gasteiger partial charge in [-0.05, 0) is 81.5 Å². The van der Waals surface area contributed by atoms with Gasteiger partial charge in [-0.15, -0.1) is 0 Å². The number of fused-ring (bicyclic) bond motifs is 5. The molecule has 2 amide bonds. The van der Waals surface area contributed by atoms with Gasteiger partial charge >= 0.3 is 0 Å². The summed E-state index contributed by atoms with van der Waals surface area (Å²) in [6.07, 6.45) is 8.44. The second kappa shape index (κ2) is 6.23. The minimum absolute atomic E-state index is 0.0180. The molecule has 4 unspecified atom stereocenters. The molecule has 0 aromatic heterocycles. The van der Waals surface area contributed by atoms with Crippen LogP contribution >= 0.6 is 0 Å². The largest absolute Gasteiger partial charge is 0.480 e. The number of piperidine rings is 3. The van der Waals surface area contributed by atoms with E-state index in [2.05, 4.69) is 30.1 Å². The second-order valence-electron chi connectivity index (χ2n) is 12.8. The van der Waals surface area contributed by atoms with E-state index in [1.54, 1.807) is 6.26 Å². The molecule has 2 bridgehead atoms. The molecule has 7 aliphatic rings. The predicted octanol–water partition coefficient (Wildman–Crippen LogP) is 3.83. The van der Waals surface area contributed by atoms with Crippen molar-refractivity contribution >= 4 is 17.5 Å². The molecular formula is C28H35N3O4. The molecule has 3 spiro atoms. The molecule has 1 N–H and O–H groups in total. The summed E-state index contributed by atoms with van der Waals surface area (Å²) < 4.78 is 12.3. The Hall–Kier alpha value is -2.54. The molecular weight excluding hydrogens is 442 g/mol. The summed E-state index contributed by atoms with van der Waals surface area (Å²) in [4.78, 5) is 33.0. The highest BCUT2D eigenvalue weighted by Gasteiger charge is 2.82. The summed E-state index contributed by atoms with van der Waals surface area (Å²) in [5.74, 6) is 1.62. The van der Waals surface area contributed by atoms with Gasteiger partial charge in [-0.3, -0.25) is 14.5 Å². The molecule has 5 fully saturated rings. The van der Waals surface area contributed by atoms with Gasteiger partial charge in [0.15, 0.2) is 11.5 Å². The Bertz CT molecular complexity index is 1220. The van der Waals surface area contributed by atoms with Crippen LogP contribution in [0.4, 0.5) is 5.69 Å². The van der Waals surface area contributed by atoms with Crippen molar-refractivity contribution in [3.05, 3.63) is 30.0 Å². The molecule has 1 aliphatic carbocycles. The average molecular weight is 478 g/mol. The Morgan fingerprint density at radius 3 is 2.69 bits per heavy atom. The van der Waals surface area contributed by atoms with Crippen LogP contribution in [0.25, 0.3) is 0 Å². The highest BCUT2D eigenvalue weighted by Crippen LogP contribution is 2.73. The Balaban J connectivity index is 1.48. The first-order valence-electron chi connectivity index (χ1n) is 13.1. The SMILES string of the molecule is CN1C(=O)C23CCCCN2CC12C(C3)CC(C)(C)C21C(=O)Nc2c1ccc1c2OC=CC(C)(C)O1. The normalized spacial score (nSPS) is 39.8. The third-order valence-corrected chi connectivity index (χ3v) is 10.4. The van der Waals surface area contributed by atoms with Crippen LogP contribution in [0.1, 0.15) is 65.4 Å². The number of nitrogens with zero attached hydrogens (tertiary/aromatic N) is 2. The van der Waals surface area contributed by atoms with Gasteiger partial charge in [-0.1, -0.05) is 19.9 Å². The van der Waals surface area contributed by atoms with Gasteiger partial charge in [0.05, 0.1) is 17.5 Å². The molecule has 4 atom stereocenters. The number of ether oxygens (including phenoxy) is 2. The van der Waals surface area contributed by atoms with Crippen molar-refractivity contribution < 1.29 is 19.1 Å². The number of anilines is 1.